The summed E-state index contributed by atoms with van der Waals surface area (Å²) in [6.07, 6.45) is 8.32. The number of aliphatic imine (C=N–C) groups is 1. The van der Waals surface area contributed by atoms with Gasteiger partial charge in [-0.05, 0) is 19.3 Å². The molecule has 2 heterocycles. The average Bonchev–Trinajstić information content (AvgIpc) is 3.30. The molecule has 0 spiro atoms. The molecule has 140 valence electrons. The van der Waals surface area contributed by atoms with E-state index < -0.39 is 0 Å². The van der Waals surface area contributed by atoms with E-state index in [1.54, 1.807) is 13.3 Å². The van der Waals surface area contributed by atoms with Gasteiger partial charge in [0.1, 0.15) is 12.0 Å². The first-order chi connectivity index (χ1) is 11.8. The molecule has 0 bridgehead atoms. The standard InChI is InChI=1S/C17H27N5O2.HI/c1-18-17(19-11-14-8-10-24-21-14)20-15-7-9-22(12-15)16(23)13-5-3-2-4-6-13;/h8,10,13,15H,2-7,9,11-12H2,1H3,(H2,18,19,20);1H. The largest absolute Gasteiger partial charge is 0.364 e. The van der Waals surface area contributed by atoms with Gasteiger partial charge in [-0.15, -0.1) is 24.0 Å². The molecule has 1 amide bonds. The molecule has 2 aliphatic rings. The number of likely N-dealkylation sites (tertiary alicyclic amines) is 1. The Morgan fingerprint density at radius 1 is 1.36 bits per heavy atom. The van der Waals surface area contributed by atoms with Crippen molar-refractivity contribution in [2.45, 2.75) is 51.1 Å². The van der Waals surface area contributed by atoms with Crippen LogP contribution in [0.5, 0.6) is 0 Å². The molecule has 1 saturated carbocycles. The molecule has 1 aliphatic carbocycles. The second-order valence-corrected chi connectivity index (χ2v) is 6.67. The molecule has 3 rings (SSSR count). The molecule has 1 atom stereocenters. The highest BCUT2D eigenvalue weighted by atomic mass is 127. The van der Waals surface area contributed by atoms with Gasteiger partial charge in [0.05, 0.1) is 6.54 Å². The quantitative estimate of drug-likeness (QED) is 0.408. The third-order valence-corrected chi connectivity index (χ3v) is 4.95. The number of nitrogens with zero attached hydrogens (tertiary/aromatic N) is 3. The molecule has 25 heavy (non-hydrogen) atoms. The number of hydrogen-bond acceptors (Lipinski definition) is 4. The van der Waals surface area contributed by atoms with Gasteiger partial charge in [-0.25, -0.2) is 0 Å². The molecule has 1 saturated heterocycles. The maximum atomic E-state index is 12.6. The van der Waals surface area contributed by atoms with Crippen molar-refractivity contribution in [3.05, 3.63) is 18.0 Å². The van der Waals surface area contributed by atoms with Crippen molar-refractivity contribution in [3.8, 4) is 0 Å². The Morgan fingerprint density at radius 3 is 2.84 bits per heavy atom. The molecule has 8 heteroatoms. The number of guanidine groups is 1. The van der Waals surface area contributed by atoms with Crippen molar-refractivity contribution < 1.29 is 9.32 Å². The molecule has 1 aromatic heterocycles. The van der Waals surface area contributed by atoms with Gasteiger partial charge >= 0.3 is 0 Å². The Bertz CT molecular complexity index is 557. The minimum absolute atomic E-state index is 0. The van der Waals surface area contributed by atoms with Crippen LogP contribution in [0.2, 0.25) is 0 Å². The van der Waals surface area contributed by atoms with Crippen molar-refractivity contribution in [3.63, 3.8) is 0 Å². The van der Waals surface area contributed by atoms with E-state index >= 15 is 0 Å². The molecular weight excluding hydrogens is 433 g/mol. The average molecular weight is 461 g/mol. The highest BCUT2D eigenvalue weighted by molar-refractivity contribution is 14.0. The third-order valence-electron chi connectivity index (χ3n) is 4.95. The van der Waals surface area contributed by atoms with Gasteiger partial charge < -0.3 is 20.1 Å². The van der Waals surface area contributed by atoms with Crippen LogP contribution in [0.3, 0.4) is 0 Å². The van der Waals surface area contributed by atoms with Crippen LogP contribution in [0.4, 0.5) is 0 Å². The maximum Gasteiger partial charge on any atom is 0.225 e. The minimum atomic E-state index is 0. The summed E-state index contributed by atoms with van der Waals surface area (Å²) < 4.78 is 4.82. The molecule has 2 N–H and O–H groups in total. The van der Waals surface area contributed by atoms with Crippen LogP contribution in [0, 0.1) is 5.92 Å². The topological polar surface area (TPSA) is 82.8 Å². The van der Waals surface area contributed by atoms with Gasteiger partial charge in [0.25, 0.3) is 0 Å². The normalized spacial score (nSPS) is 21.7. The summed E-state index contributed by atoms with van der Waals surface area (Å²) >= 11 is 0. The third kappa shape index (κ3) is 5.58. The number of aromatic nitrogens is 1. The zero-order valence-electron chi connectivity index (χ0n) is 14.7. The van der Waals surface area contributed by atoms with Gasteiger partial charge in [-0.2, -0.15) is 0 Å². The SMILES string of the molecule is CN=C(NCc1ccon1)NC1CCN(C(=O)C2CCCCC2)C1.I. The van der Waals surface area contributed by atoms with Crippen LogP contribution in [-0.2, 0) is 11.3 Å². The summed E-state index contributed by atoms with van der Waals surface area (Å²) in [6, 6.07) is 2.07. The number of rotatable bonds is 4. The molecule has 0 radical (unpaired) electrons. The van der Waals surface area contributed by atoms with Gasteiger partial charge in [-0.1, -0.05) is 24.4 Å². The molecule has 1 aromatic rings. The smallest absolute Gasteiger partial charge is 0.225 e. The van der Waals surface area contributed by atoms with Crippen molar-refractivity contribution in [2.24, 2.45) is 10.9 Å². The van der Waals surface area contributed by atoms with Crippen molar-refractivity contribution in [2.75, 3.05) is 20.1 Å². The Balaban J connectivity index is 0.00000225. The number of hydrogen-bond donors (Lipinski definition) is 2. The Morgan fingerprint density at radius 2 is 2.16 bits per heavy atom. The summed E-state index contributed by atoms with van der Waals surface area (Å²) in [6.45, 7) is 2.17. The lowest BCUT2D eigenvalue weighted by Gasteiger charge is -2.26. The Kier molecular flexibility index (Phi) is 7.98. The van der Waals surface area contributed by atoms with Crippen LogP contribution >= 0.6 is 24.0 Å². The van der Waals surface area contributed by atoms with E-state index in [1.165, 1.54) is 19.3 Å². The Labute approximate surface area is 166 Å². The van der Waals surface area contributed by atoms with E-state index in [0.717, 1.165) is 44.0 Å². The van der Waals surface area contributed by atoms with Crippen LogP contribution < -0.4 is 10.6 Å². The number of carbonyl (C=O) groups excluding carboxylic acids is 1. The first-order valence-corrected chi connectivity index (χ1v) is 8.91. The fraction of sp³-hybridized carbons (Fsp3) is 0.706. The number of amides is 1. The van der Waals surface area contributed by atoms with E-state index in [4.69, 9.17) is 4.52 Å². The van der Waals surface area contributed by atoms with E-state index in [9.17, 15) is 4.79 Å². The van der Waals surface area contributed by atoms with Gasteiger partial charge in [0.15, 0.2) is 5.96 Å². The van der Waals surface area contributed by atoms with Crippen molar-refractivity contribution in [1.29, 1.82) is 0 Å². The van der Waals surface area contributed by atoms with E-state index in [2.05, 4.69) is 20.8 Å². The second-order valence-electron chi connectivity index (χ2n) is 6.67. The number of halogens is 1. The number of carbonyl (C=O) groups is 1. The molecule has 7 nitrogen and oxygen atoms in total. The maximum absolute atomic E-state index is 12.6. The molecule has 1 unspecified atom stereocenters. The second kappa shape index (κ2) is 9.98. The van der Waals surface area contributed by atoms with Crippen molar-refractivity contribution >= 4 is 35.8 Å². The Hall–Kier alpha value is -1.32. The summed E-state index contributed by atoms with van der Waals surface area (Å²) in [5.74, 6) is 1.33. The lowest BCUT2D eigenvalue weighted by molar-refractivity contribution is -0.135. The van der Waals surface area contributed by atoms with E-state index in [1.807, 2.05) is 11.0 Å². The molecule has 0 aromatic carbocycles. The summed E-state index contributed by atoms with van der Waals surface area (Å²) in [5, 5.41) is 10.5. The van der Waals surface area contributed by atoms with E-state index in [0.29, 0.717) is 12.5 Å². The summed E-state index contributed by atoms with van der Waals surface area (Å²) in [7, 11) is 1.75. The highest BCUT2D eigenvalue weighted by Crippen LogP contribution is 2.26. The van der Waals surface area contributed by atoms with E-state index in [-0.39, 0.29) is 35.9 Å². The first-order valence-electron chi connectivity index (χ1n) is 8.91. The highest BCUT2D eigenvalue weighted by Gasteiger charge is 2.31. The van der Waals surface area contributed by atoms with Crippen molar-refractivity contribution in [1.82, 2.24) is 20.7 Å². The summed E-state index contributed by atoms with van der Waals surface area (Å²) in [5.41, 5.74) is 0.832. The molecule has 2 fully saturated rings. The monoisotopic (exact) mass is 461 g/mol. The van der Waals surface area contributed by atoms with Gasteiger partial charge in [0, 0.05) is 38.2 Å². The van der Waals surface area contributed by atoms with Crippen LogP contribution in [0.1, 0.15) is 44.2 Å². The van der Waals surface area contributed by atoms with Gasteiger partial charge in [-0.3, -0.25) is 9.79 Å². The predicted molar refractivity (Wildman–Crippen MR) is 107 cm³/mol. The van der Waals surface area contributed by atoms with Gasteiger partial charge in [0.2, 0.25) is 5.91 Å². The lowest BCUT2D eigenvalue weighted by Crippen LogP contribution is -2.45. The first kappa shape index (κ1) is 20.0. The fourth-order valence-corrected chi connectivity index (χ4v) is 3.58. The van der Waals surface area contributed by atoms with Crippen LogP contribution in [0.25, 0.3) is 0 Å². The zero-order valence-corrected chi connectivity index (χ0v) is 17.1. The minimum Gasteiger partial charge on any atom is -0.364 e. The summed E-state index contributed by atoms with van der Waals surface area (Å²) in [4.78, 5) is 18.9. The molecule has 1 aliphatic heterocycles. The predicted octanol–water partition coefficient (Wildman–Crippen LogP) is 2.14. The zero-order chi connectivity index (χ0) is 16.8. The fourth-order valence-electron chi connectivity index (χ4n) is 3.58. The molecular formula is C17H28IN5O2. The van der Waals surface area contributed by atoms with Crippen LogP contribution in [0.15, 0.2) is 21.8 Å². The van der Waals surface area contributed by atoms with Crippen LogP contribution in [-0.4, -0.2) is 48.1 Å². The number of nitrogens with one attached hydrogen (secondary N) is 2. The lowest BCUT2D eigenvalue weighted by atomic mass is 9.88.